The maximum Gasteiger partial charge on any atom is 0.159 e. The van der Waals surface area contributed by atoms with Gasteiger partial charge in [0.2, 0.25) is 0 Å². The Bertz CT molecular complexity index is 3390. The van der Waals surface area contributed by atoms with Crippen molar-refractivity contribution in [1.82, 2.24) is 9.88 Å². The van der Waals surface area contributed by atoms with E-state index >= 15 is 0 Å². The second-order valence-electron chi connectivity index (χ2n) is 14.5. The molecule has 0 bridgehead atoms. The van der Waals surface area contributed by atoms with Gasteiger partial charge in [-0.2, -0.15) is 0 Å². The number of benzene rings is 8. The quantitative estimate of drug-likeness (QED) is 0.192. The molecule has 0 radical (unpaired) electrons. The van der Waals surface area contributed by atoms with E-state index in [0.717, 1.165) is 94.3 Å². The highest BCUT2D eigenvalue weighted by Crippen LogP contribution is 2.45. The summed E-state index contributed by atoms with van der Waals surface area (Å²) in [7, 11) is 0. The Kier molecular flexibility index (Phi) is 6.89. The molecule has 0 aliphatic carbocycles. The highest BCUT2D eigenvalue weighted by Gasteiger charge is 2.26. The molecule has 6 heteroatoms. The van der Waals surface area contributed by atoms with Crippen LogP contribution < -0.4 is 5.32 Å². The van der Waals surface area contributed by atoms with Crippen LogP contribution in [0.25, 0.3) is 82.5 Å². The molecule has 0 fully saturated rings. The number of furan rings is 2. The van der Waals surface area contributed by atoms with Gasteiger partial charge in [-0.15, -0.1) is 0 Å². The van der Waals surface area contributed by atoms with E-state index < -0.39 is 6.17 Å². The summed E-state index contributed by atoms with van der Waals surface area (Å²) in [6.07, 6.45) is -0.429. The summed E-state index contributed by atoms with van der Waals surface area (Å²) in [5.74, 6) is 1.44. The fraction of sp³-hybridized carbons (Fsp3) is 0.0196. The number of hydrogen-bond donors (Lipinski definition) is 1. The zero-order valence-corrected chi connectivity index (χ0v) is 30.6. The Labute approximate surface area is 326 Å². The molecule has 6 nitrogen and oxygen atoms in total. The Balaban J connectivity index is 1.04. The zero-order valence-electron chi connectivity index (χ0n) is 30.6. The first-order valence-corrected chi connectivity index (χ1v) is 19.2. The maximum absolute atomic E-state index is 7.04. The molecule has 1 aliphatic rings. The molecule has 268 valence electrons. The van der Waals surface area contributed by atoms with Gasteiger partial charge in [0.05, 0.1) is 16.7 Å². The summed E-state index contributed by atoms with van der Waals surface area (Å²) in [4.78, 5) is 10.2. The zero-order chi connectivity index (χ0) is 37.5. The van der Waals surface area contributed by atoms with E-state index in [1.165, 1.54) is 10.8 Å². The number of para-hydroxylation sites is 5. The van der Waals surface area contributed by atoms with Gasteiger partial charge in [0, 0.05) is 54.6 Å². The highest BCUT2D eigenvalue weighted by atomic mass is 16.3. The van der Waals surface area contributed by atoms with Gasteiger partial charge in [-0.05, 0) is 29.8 Å². The van der Waals surface area contributed by atoms with Crippen molar-refractivity contribution in [2.45, 2.75) is 6.17 Å². The van der Waals surface area contributed by atoms with Gasteiger partial charge < -0.3 is 18.7 Å². The van der Waals surface area contributed by atoms with Crippen LogP contribution in [0.1, 0.15) is 22.9 Å². The Hall–Kier alpha value is -7.70. The number of hydrogen-bond acceptors (Lipinski definition) is 5. The van der Waals surface area contributed by atoms with Crippen molar-refractivity contribution < 1.29 is 8.83 Å². The number of aliphatic imine (C=N–C) groups is 2. The summed E-state index contributed by atoms with van der Waals surface area (Å²) in [5, 5.41) is 10.2. The predicted octanol–water partition coefficient (Wildman–Crippen LogP) is 12.7. The molecule has 0 spiro atoms. The van der Waals surface area contributed by atoms with Gasteiger partial charge in [0.1, 0.15) is 22.6 Å². The molecular weight excluding hydrogens is 701 g/mol. The third-order valence-corrected chi connectivity index (χ3v) is 11.3. The molecule has 57 heavy (non-hydrogen) atoms. The summed E-state index contributed by atoms with van der Waals surface area (Å²) in [6, 6.07) is 63.0. The van der Waals surface area contributed by atoms with E-state index in [1.807, 2.05) is 48.5 Å². The summed E-state index contributed by atoms with van der Waals surface area (Å²) in [6.45, 7) is 0. The molecule has 0 saturated heterocycles. The van der Waals surface area contributed by atoms with Gasteiger partial charge in [0.15, 0.2) is 17.6 Å². The SMILES string of the molecule is c1ccc(C2=NC(c3cccc4c3oc3c(-c5cccc6oc7c(-n8c9ccccc9c9ccccc98)cccc7c56)cccc34)NC(c3ccccc3)=N2)cc1. The highest BCUT2D eigenvalue weighted by molar-refractivity contribution is 6.19. The largest absolute Gasteiger partial charge is 0.455 e. The Morgan fingerprint density at radius 3 is 1.82 bits per heavy atom. The third kappa shape index (κ3) is 4.84. The van der Waals surface area contributed by atoms with Crippen molar-refractivity contribution in [3.8, 4) is 16.8 Å². The van der Waals surface area contributed by atoms with Gasteiger partial charge in [-0.25, -0.2) is 9.98 Å². The van der Waals surface area contributed by atoms with Crippen LogP contribution in [0.15, 0.2) is 201 Å². The minimum Gasteiger partial charge on any atom is -0.455 e. The van der Waals surface area contributed by atoms with Crippen LogP contribution in [0.3, 0.4) is 0 Å². The molecule has 4 heterocycles. The first kappa shape index (κ1) is 31.6. The average Bonchev–Trinajstić information content (AvgIpc) is 3.97. The fourth-order valence-corrected chi connectivity index (χ4v) is 8.75. The number of aromatic nitrogens is 1. The monoisotopic (exact) mass is 732 g/mol. The molecule has 1 unspecified atom stereocenters. The van der Waals surface area contributed by atoms with E-state index in [4.69, 9.17) is 18.8 Å². The lowest BCUT2D eigenvalue weighted by Crippen LogP contribution is -2.33. The standard InChI is InChI=1S/C51H32N4O2/c1-3-15-31(16-4-1)49-52-50(32-17-5-2-6-18-32)54-51(53-49)40-26-12-24-38-37-23-11-22-36(46(37)57-47(38)40)35-21-14-30-44-45(35)39-25-13-29-43(48(39)56-44)55-41-27-9-7-19-33(41)34-20-8-10-28-42(34)55/h1-30,51H,(H,52,53,54). The number of fused-ring (bicyclic) bond motifs is 9. The topological polar surface area (TPSA) is 68.0 Å². The summed E-state index contributed by atoms with van der Waals surface area (Å²) in [5.41, 5.74) is 11.5. The van der Waals surface area contributed by atoms with Crippen LogP contribution >= 0.6 is 0 Å². The second-order valence-corrected chi connectivity index (χ2v) is 14.5. The Morgan fingerprint density at radius 1 is 0.456 bits per heavy atom. The third-order valence-electron chi connectivity index (χ3n) is 11.3. The Morgan fingerprint density at radius 2 is 1.05 bits per heavy atom. The van der Waals surface area contributed by atoms with Crippen molar-refractivity contribution in [3.05, 3.63) is 199 Å². The molecule has 1 aliphatic heterocycles. The average molecular weight is 733 g/mol. The summed E-state index contributed by atoms with van der Waals surface area (Å²) >= 11 is 0. The number of nitrogens with zero attached hydrogens (tertiary/aromatic N) is 3. The minimum atomic E-state index is -0.429. The van der Waals surface area contributed by atoms with Crippen molar-refractivity contribution in [1.29, 1.82) is 0 Å². The maximum atomic E-state index is 7.04. The second kappa shape index (κ2) is 12.4. The molecule has 3 aromatic heterocycles. The predicted molar refractivity (Wildman–Crippen MR) is 233 cm³/mol. The molecular formula is C51H32N4O2. The van der Waals surface area contributed by atoms with Gasteiger partial charge in [-0.3, -0.25) is 0 Å². The first-order valence-electron chi connectivity index (χ1n) is 19.2. The van der Waals surface area contributed by atoms with Crippen molar-refractivity contribution in [2.24, 2.45) is 9.98 Å². The molecule has 1 atom stereocenters. The molecule has 0 saturated carbocycles. The summed E-state index contributed by atoms with van der Waals surface area (Å²) < 4.78 is 16.2. The van der Waals surface area contributed by atoms with Crippen LogP contribution in [0, 0.1) is 0 Å². The van der Waals surface area contributed by atoms with Gasteiger partial charge in [0.25, 0.3) is 0 Å². The lowest BCUT2D eigenvalue weighted by molar-refractivity contribution is 0.629. The van der Waals surface area contributed by atoms with Gasteiger partial charge in [-0.1, -0.05) is 158 Å². The molecule has 11 aromatic rings. The fourth-order valence-electron chi connectivity index (χ4n) is 8.75. The lowest BCUT2D eigenvalue weighted by atomic mass is 9.97. The smallest absolute Gasteiger partial charge is 0.159 e. The van der Waals surface area contributed by atoms with Crippen molar-refractivity contribution >= 4 is 77.4 Å². The van der Waals surface area contributed by atoms with Crippen LogP contribution in [0.2, 0.25) is 0 Å². The number of rotatable bonds is 5. The van der Waals surface area contributed by atoms with E-state index in [0.29, 0.717) is 5.84 Å². The van der Waals surface area contributed by atoms with Crippen LogP contribution in [0.5, 0.6) is 0 Å². The molecule has 8 aromatic carbocycles. The van der Waals surface area contributed by atoms with Crippen LogP contribution in [0.4, 0.5) is 0 Å². The van der Waals surface area contributed by atoms with E-state index in [-0.39, 0.29) is 0 Å². The van der Waals surface area contributed by atoms with Gasteiger partial charge >= 0.3 is 0 Å². The molecule has 12 rings (SSSR count). The van der Waals surface area contributed by atoms with Crippen LogP contribution in [-0.2, 0) is 0 Å². The van der Waals surface area contributed by atoms with E-state index in [1.54, 1.807) is 0 Å². The van der Waals surface area contributed by atoms with E-state index in [2.05, 4.69) is 143 Å². The molecule has 1 N–H and O–H groups in total. The van der Waals surface area contributed by atoms with Crippen molar-refractivity contribution in [2.75, 3.05) is 0 Å². The van der Waals surface area contributed by atoms with Crippen LogP contribution in [-0.4, -0.2) is 16.2 Å². The normalized spacial score (nSPS) is 14.5. The number of amidine groups is 2. The minimum absolute atomic E-state index is 0.429. The number of nitrogens with one attached hydrogen (secondary N) is 1. The first-order chi connectivity index (χ1) is 28.3. The molecule has 0 amide bonds. The van der Waals surface area contributed by atoms with Crippen molar-refractivity contribution in [3.63, 3.8) is 0 Å². The van der Waals surface area contributed by atoms with E-state index in [9.17, 15) is 0 Å². The lowest BCUT2D eigenvalue weighted by Gasteiger charge is -2.23.